The smallest absolute Gasteiger partial charge is 0.161 e. The number of hydrogen-bond donors (Lipinski definition) is 0. The van der Waals surface area contributed by atoms with E-state index in [0.29, 0.717) is 21.6 Å². The maximum atomic E-state index is 13.3. The van der Waals surface area contributed by atoms with Gasteiger partial charge in [0.25, 0.3) is 0 Å². The number of nitrogens with zero attached hydrogens (tertiary/aromatic N) is 2. The summed E-state index contributed by atoms with van der Waals surface area (Å²) in [5.41, 5.74) is 2.23. The Labute approximate surface area is 115 Å². The van der Waals surface area contributed by atoms with Crippen molar-refractivity contribution in [2.45, 2.75) is 20.3 Å². The quantitative estimate of drug-likeness (QED) is 0.761. The molecule has 0 radical (unpaired) electrons. The largest absolute Gasteiger partial charge is 0.233 e. The second-order valence-electron chi connectivity index (χ2n) is 3.92. The van der Waals surface area contributed by atoms with Gasteiger partial charge >= 0.3 is 0 Å². The first-order chi connectivity index (χ1) is 8.51. The Morgan fingerprint density at radius 1 is 1.17 bits per heavy atom. The molecule has 2 nitrogen and oxygen atoms in total. The third kappa shape index (κ3) is 2.62. The van der Waals surface area contributed by atoms with E-state index in [1.54, 1.807) is 6.07 Å². The second-order valence-corrected chi connectivity index (χ2v) is 4.72. The number of rotatable bonds is 2. The first kappa shape index (κ1) is 13.2. The number of hydrogen-bond acceptors (Lipinski definition) is 2. The third-order valence-electron chi connectivity index (χ3n) is 2.64. The van der Waals surface area contributed by atoms with Crippen LogP contribution in [0.15, 0.2) is 18.2 Å². The molecule has 0 saturated heterocycles. The van der Waals surface area contributed by atoms with Crippen LogP contribution < -0.4 is 0 Å². The summed E-state index contributed by atoms with van der Waals surface area (Å²) in [4.78, 5) is 8.55. The Morgan fingerprint density at radius 3 is 2.50 bits per heavy atom. The van der Waals surface area contributed by atoms with Gasteiger partial charge in [-0.15, -0.1) is 0 Å². The Morgan fingerprint density at radius 2 is 1.89 bits per heavy atom. The number of halogens is 3. The lowest BCUT2D eigenvalue weighted by Gasteiger charge is -2.08. The van der Waals surface area contributed by atoms with Crippen molar-refractivity contribution < 1.29 is 4.39 Å². The first-order valence-electron chi connectivity index (χ1n) is 5.50. The Kier molecular flexibility index (Phi) is 3.83. The van der Waals surface area contributed by atoms with Gasteiger partial charge in [-0.3, -0.25) is 0 Å². The molecule has 2 rings (SSSR count). The minimum atomic E-state index is -0.421. The fraction of sp³-hybridized carbons (Fsp3) is 0.231. The summed E-state index contributed by atoms with van der Waals surface area (Å²) in [5.74, 6) is -0.0281. The number of benzene rings is 1. The van der Waals surface area contributed by atoms with Crippen molar-refractivity contribution in [2.75, 3.05) is 0 Å². The Balaban J connectivity index is 2.60. The van der Waals surface area contributed by atoms with Gasteiger partial charge in [0.15, 0.2) is 5.82 Å². The molecular weight excluding hydrogens is 274 g/mol. The van der Waals surface area contributed by atoms with Gasteiger partial charge < -0.3 is 0 Å². The van der Waals surface area contributed by atoms with Gasteiger partial charge in [0.1, 0.15) is 11.0 Å². The molecule has 0 aliphatic carbocycles. The van der Waals surface area contributed by atoms with Crippen LogP contribution in [0.5, 0.6) is 0 Å². The second kappa shape index (κ2) is 5.21. The fourth-order valence-electron chi connectivity index (χ4n) is 1.69. The highest BCUT2D eigenvalue weighted by molar-refractivity contribution is 6.31. The first-order valence-corrected chi connectivity index (χ1v) is 6.26. The van der Waals surface area contributed by atoms with Gasteiger partial charge in [-0.1, -0.05) is 30.1 Å². The van der Waals surface area contributed by atoms with Crippen molar-refractivity contribution in [1.29, 1.82) is 0 Å². The van der Waals surface area contributed by atoms with E-state index < -0.39 is 5.82 Å². The molecule has 5 heteroatoms. The van der Waals surface area contributed by atoms with Crippen LogP contribution in [0.3, 0.4) is 0 Å². The van der Waals surface area contributed by atoms with Crippen molar-refractivity contribution in [2.24, 2.45) is 0 Å². The lowest BCUT2D eigenvalue weighted by atomic mass is 10.1. The van der Waals surface area contributed by atoms with E-state index in [1.165, 1.54) is 12.1 Å². The average molecular weight is 285 g/mol. The van der Waals surface area contributed by atoms with Crippen molar-refractivity contribution in [3.8, 4) is 11.4 Å². The van der Waals surface area contributed by atoms with Gasteiger partial charge in [0, 0.05) is 21.8 Å². The summed E-state index contributed by atoms with van der Waals surface area (Å²) < 4.78 is 13.3. The van der Waals surface area contributed by atoms with Crippen LogP contribution in [0.25, 0.3) is 11.4 Å². The summed E-state index contributed by atoms with van der Waals surface area (Å²) in [5, 5.41) is 0.695. The van der Waals surface area contributed by atoms with Crippen LogP contribution in [-0.2, 0) is 6.42 Å². The minimum Gasteiger partial charge on any atom is -0.233 e. The molecule has 0 atom stereocenters. The summed E-state index contributed by atoms with van der Waals surface area (Å²) in [7, 11) is 0. The molecule has 0 aliphatic heterocycles. The van der Waals surface area contributed by atoms with Crippen molar-refractivity contribution in [1.82, 2.24) is 9.97 Å². The van der Waals surface area contributed by atoms with Gasteiger partial charge in [0.05, 0.1) is 0 Å². The van der Waals surface area contributed by atoms with E-state index in [2.05, 4.69) is 9.97 Å². The molecule has 1 heterocycles. The van der Waals surface area contributed by atoms with Crippen LogP contribution >= 0.6 is 23.2 Å². The van der Waals surface area contributed by atoms with E-state index in [1.807, 2.05) is 13.8 Å². The summed E-state index contributed by atoms with van der Waals surface area (Å²) >= 11 is 11.9. The molecular formula is C13H11Cl2FN2. The minimum absolute atomic E-state index is 0.309. The zero-order valence-electron chi connectivity index (χ0n) is 9.97. The van der Waals surface area contributed by atoms with Crippen LogP contribution in [-0.4, -0.2) is 9.97 Å². The molecule has 1 aromatic carbocycles. The SMILES string of the molecule is CCc1nc(-c2cc(F)cc(Cl)c2)nc(Cl)c1C. The predicted octanol–water partition coefficient (Wildman–Crippen LogP) is 4.46. The fourth-order valence-corrected chi connectivity index (χ4v) is 2.10. The van der Waals surface area contributed by atoms with Crippen molar-refractivity contribution in [3.05, 3.63) is 45.4 Å². The molecule has 94 valence electrons. The molecule has 0 amide bonds. The maximum Gasteiger partial charge on any atom is 0.161 e. The summed E-state index contributed by atoms with van der Waals surface area (Å²) in [6, 6.07) is 4.19. The topological polar surface area (TPSA) is 25.8 Å². The maximum absolute atomic E-state index is 13.3. The molecule has 0 unspecified atom stereocenters. The van der Waals surface area contributed by atoms with Crippen molar-refractivity contribution >= 4 is 23.2 Å². The third-order valence-corrected chi connectivity index (χ3v) is 3.23. The lowest BCUT2D eigenvalue weighted by Crippen LogP contribution is -1.99. The van der Waals surface area contributed by atoms with Gasteiger partial charge in [0.2, 0.25) is 0 Å². The van der Waals surface area contributed by atoms with Crippen LogP contribution in [0.1, 0.15) is 18.2 Å². The molecule has 18 heavy (non-hydrogen) atoms. The van der Waals surface area contributed by atoms with E-state index >= 15 is 0 Å². The molecule has 0 N–H and O–H groups in total. The Hall–Kier alpha value is -1.19. The van der Waals surface area contributed by atoms with E-state index in [4.69, 9.17) is 23.2 Å². The molecule has 0 aliphatic rings. The normalized spacial score (nSPS) is 10.7. The molecule has 0 fully saturated rings. The van der Waals surface area contributed by atoms with Gasteiger partial charge in [-0.2, -0.15) is 0 Å². The standard InChI is InChI=1S/C13H11Cl2FN2/c1-3-11-7(2)12(15)18-13(17-11)8-4-9(14)6-10(16)5-8/h4-6H,3H2,1-2H3. The number of aromatic nitrogens is 2. The summed E-state index contributed by atoms with van der Waals surface area (Å²) in [6.07, 6.45) is 0.740. The zero-order valence-corrected chi connectivity index (χ0v) is 11.5. The highest BCUT2D eigenvalue weighted by Gasteiger charge is 2.11. The van der Waals surface area contributed by atoms with E-state index in [9.17, 15) is 4.39 Å². The van der Waals surface area contributed by atoms with E-state index in [-0.39, 0.29) is 0 Å². The monoisotopic (exact) mass is 284 g/mol. The summed E-state index contributed by atoms with van der Waals surface area (Å²) in [6.45, 7) is 3.84. The van der Waals surface area contributed by atoms with Crippen LogP contribution in [0, 0.1) is 12.7 Å². The predicted molar refractivity (Wildman–Crippen MR) is 71.6 cm³/mol. The highest BCUT2D eigenvalue weighted by Crippen LogP contribution is 2.25. The molecule has 0 bridgehead atoms. The average Bonchev–Trinajstić information content (AvgIpc) is 2.31. The number of aryl methyl sites for hydroxylation is 1. The van der Waals surface area contributed by atoms with Crippen LogP contribution in [0.2, 0.25) is 10.2 Å². The van der Waals surface area contributed by atoms with Gasteiger partial charge in [-0.05, 0) is 31.5 Å². The zero-order chi connectivity index (χ0) is 13.3. The molecule has 1 aromatic heterocycles. The van der Waals surface area contributed by atoms with Gasteiger partial charge in [-0.25, -0.2) is 14.4 Å². The van der Waals surface area contributed by atoms with Crippen LogP contribution in [0.4, 0.5) is 4.39 Å². The van der Waals surface area contributed by atoms with E-state index in [0.717, 1.165) is 17.7 Å². The highest BCUT2D eigenvalue weighted by atomic mass is 35.5. The Bertz CT molecular complexity index is 580. The lowest BCUT2D eigenvalue weighted by molar-refractivity contribution is 0.628. The molecule has 0 spiro atoms. The van der Waals surface area contributed by atoms with Crippen molar-refractivity contribution in [3.63, 3.8) is 0 Å². The molecule has 2 aromatic rings. The molecule has 0 saturated carbocycles.